The first kappa shape index (κ1) is 11.4. The summed E-state index contributed by atoms with van der Waals surface area (Å²) in [7, 11) is 2.11. The second-order valence-corrected chi connectivity index (χ2v) is 5.58. The van der Waals surface area contributed by atoms with Crippen LogP contribution in [-0.2, 0) is 0 Å². The van der Waals surface area contributed by atoms with Crippen LogP contribution in [0.15, 0.2) is 0 Å². The number of nitrogens with zero attached hydrogens (tertiary/aromatic N) is 1. The van der Waals surface area contributed by atoms with E-state index in [1.807, 2.05) is 0 Å². The summed E-state index contributed by atoms with van der Waals surface area (Å²) in [5.41, 5.74) is -0.484. The molecule has 2 rings (SSSR count). The SMILES string of the molecule is CC1CCNC(C2(O)CCCN(C)C2)C1. The van der Waals surface area contributed by atoms with Gasteiger partial charge in [-0.15, -0.1) is 0 Å². The van der Waals surface area contributed by atoms with Gasteiger partial charge in [0.2, 0.25) is 0 Å². The van der Waals surface area contributed by atoms with E-state index in [0.717, 1.165) is 44.8 Å². The monoisotopic (exact) mass is 212 g/mol. The average molecular weight is 212 g/mol. The highest BCUT2D eigenvalue weighted by Crippen LogP contribution is 2.30. The fourth-order valence-corrected chi connectivity index (χ4v) is 3.08. The van der Waals surface area contributed by atoms with Crippen molar-refractivity contribution >= 4 is 0 Å². The summed E-state index contributed by atoms with van der Waals surface area (Å²) in [6.45, 7) is 5.32. The number of aliphatic hydroxyl groups is 1. The van der Waals surface area contributed by atoms with Gasteiger partial charge in [0.25, 0.3) is 0 Å². The van der Waals surface area contributed by atoms with Crippen molar-refractivity contribution in [2.45, 2.75) is 44.2 Å². The van der Waals surface area contributed by atoms with Crippen molar-refractivity contribution in [1.29, 1.82) is 0 Å². The van der Waals surface area contributed by atoms with Gasteiger partial charge in [0, 0.05) is 12.6 Å². The number of β-amino-alcohol motifs (C(OH)–C–C–N with tert-alkyl or cyclic N) is 1. The molecule has 0 bridgehead atoms. The summed E-state index contributed by atoms with van der Waals surface area (Å²) in [6, 6.07) is 0.309. The molecule has 3 nitrogen and oxygen atoms in total. The van der Waals surface area contributed by atoms with Gasteiger partial charge in [-0.3, -0.25) is 0 Å². The van der Waals surface area contributed by atoms with Gasteiger partial charge in [-0.2, -0.15) is 0 Å². The van der Waals surface area contributed by atoms with Gasteiger partial charge in [-0.25, -0.2) is 0 Å². The normalized spacial score (nSPS) is 44.2. The summed E-state index contributed by atoms with van der Waals surface area (Å²) in [4.78, 5) is 2.25. The molecule has 15 heavy (non-hydrogen) atoms. The van der Waals surface area contributed by atoms with Gasteiger partial charge < -0.3 is 15.3 Å². The molecule has 0 spiro atoms. The Morgan fingerprint density at radius 3 is 2.93 bits per heavy atom. The lowest BCUT2D eigenvalue weighted by molar-refractivity contribution is -0.0621. The Hall–Kier alpha value is -0.120. The topological polar surface area (TPSA) is 35.5 Å². The van der Waals surface area contributed by atoms with Crippen LogP contribution in [0, 0.1) is 5.92 Å². The number of hydrogen-bond donors (Lipinski definition) is 2. The smallest absolute Gasteiger partial charge is 0.0926 e. The second-order valence-electron chi connectivity index (χ2n) is 5.58. The molecular formula is C12H24N2O. The molecule has 3 heteroatoms. The predicted octanol–water partition coefficient (Wildman–Crippen LogP) is 0.831. The van der Waals surface area contributed by atoms with Gasteiger partial charge in [0.1, 0.15) is 0 Å². The lowest BCUT2D eigenvalue weighted by Crippen LogP contribution is -2.60. The molecule has 0 aromatic heterocycles. The highest BCUT2D eigenvalue weighted by atomic mass is 16.3. The Morgan fingerprint density at radius 2 is 2.27 bits per heavy atom. The summed E-state index contributed by atoms with van der Waals surface area (Å²) >= 11 is 0. The average Bonchev–Trinajstić information content (AvgIpc) is 2.17. The van der Waals surface area contributed by atoms with E-state index < -0.39 is 5.60 Å². The maximum Gasteiger partial charge on any atom is 0.0926 e. The first-order valence-electron chi connectivity index (χ1n) is 6.24. The van der Waals surface area contributed by atoms with E-state index in [1.165, 1.54) is 6.42 Å². The van der Waals surface area contributed by atoms with Crippen molar-refractivity contribution in [2.75, 3.05) is 26.7 Å². The molecule has 2 aliphatic heterocycles. The Bertz CT molecular complexity index is 222. The van der Waals surface area contributed by atoms with Crippen LogP contribution in [0.4, 0.5) is 0 Å². The first-order valence-corrected chi connectivity index (χ1v) is 6.24. The van der Waals surface area contributed by atoms with Crippen LogP contribution >= 0.6 is 0 Å². The molecule has 0 saturated carbocycles. The van der Waals surface area contributed by atoms with Crippen molar-refractivity contribution < 1.29 is 5.11 Å². The molecule has 0 radical (unpaired) electrons. The molecule has 2 fully saturated rings. The first-order chi connectivity index (χ1) is 7.10. The molecule has 0 aromatic rings. The summed E-state index contributed by atoms with van der Waals surface area (Å²) in [5.74, 6) is 0.757. The van der Waals surface area contributed by atoms with E-state index in [0.29, 0.717) is 6.04 Å². The van der Waals surface area contributed by atoms with Crippen LogP contribution in [0.5, 0.6) is 0 Å². The Labute approximate surface area is 92.8 Å². The van der Waals surface area contributed by atoms with Crippen molar-refractivity contribution in [2.24, 2.45) is 5.92 Å². The molecule has 2 N–H and O–H groups in total. The highest BCUT2D eigenvalue weighted by Gasteiger charge is 2.40. The third-order valence-corrected chi connectivity index (χ3v) is 4.01. The van der Waals surface area contributed by atoms with Crippen LogP contribution < -0.4 is 5.32 Å². The van der Waals surface area contributed by atoms with Gasteiger partial charge in [0.15, 0.2) is 0 Å². The molecule has 0 aromatic carbocycles. The molecule has 88 valence electrons. The Morgan fingerprint density at radius 1 is 1.47 bits per heavy atom. The lowest BCUT2D eigenvalue weighted by Gasteiger charge is -2.45. The fraction of sp³-hybridized carbons (Fsp3) is 1.00. The predicted molar refractivity (Wildman–Crippen MR) is 61.9 cm³/mol. The molecule has 2 heterocycles. The van der Waals surface area contributed by atoms with E-state index >= 15 is 0 Å². The maximum absolute atomic E-state index is 10.7. The fourth-order valence-electron chi connectivity index (χ4n) is 3.08. The molecule has 2 aliphatic rings. The van der Waals surface area contributed by atoms with Gasteiger partial charge >= 0.3 is 0 Å². The minimum Gasteiger partial charge on any atom is -0.387 e. The number of likely N-dealkylation sites (tertiary alicyclic amines) is 1. The number of piperidine rings is 2. The second kappa shape index (κ2) is 4.40. The maximum atomic E-state index is 10.7. The van der Waals surface area contributed by atoms with E-state index in [-0.39, 0.29) is 0 Å². The largest absolute Gasteiger partial charge is 0.387 e. The van der Waals surface area contributed by atoms with Gasteiger partial charge in [-0.1, -0.05) is 6.92 Å². The van der Waals surface area contributed by atoms with E-state index in [1.54, 1.807) is 0 Å². The van der Waals surface area contributed by atoms with Crippen LogP contribution in [-0.4, -0.2) is 48.3 Å². The highest BCUT2D eigenvalue weighted by molar-refractivity contribution is 4.98. The Balaban J connectivity index is 2.00. The van der Waals surface area contributed by atoms with Crippen molar-refractivity contribution in [3.63, 3.8) is 0 Å². The van der Waals surface area contributed by atoms with Gasteiger partial charge in [0.05, 0.1) is 5.60 Å². The van der Waals surface area contributed by atoms with Crippen molar-refractivity contribution in [3.05, 3.63) is 0 Å². The van der Waals surface area contributed by atoms with Gasteiger partial charge in [-0.05, 0) is 51.7 Å². The zero-order chi connectivity index (χ0) is 10.9. The van der Waals surface area contributed by atoms with Crippen LogP contribution in [0.25, 0.3) is 0 Å². The molecule has 0 aliphatic carbocycles. The molecule has 3 atom stereocenters. The van der Waals surface area contributed by atoms with Crippen LogP contribution in [0.3, 0.4) is 0 Å². The number of rotatable bonds is 1. The Kier molecular flexibility index (Phi) is 3.33. The van der Waals surface area contributed by atoms with E-state index in [2.05, 4.69) is 24.2 Å². The molecule has 3 unspecified atom stereocenters. The minimum atomic E-state index is -0.484. The summed E-state index contributed by atoms with van der Waals surface area (Å²) in [6.07, 6.45) is 4.47. The number of hydrogen-bond acceptors (Lipinski definition) is 3. The zero-order valence-corrected chi connectivity index (χ0v) is 10.00. The molecular weight excluding hydrogens is 188 g/mol. The van der Waals surface area contributed by atoms with E-state index in [4.69, 9.17) is 0 Å². The van der Waals surface area contributed by atoms with Crippen molar-refractivity contribution in [3.8, 4) is 0 Å². The third-order valence-electron chi connectivity index (χ3n) is 4.01. The standard InChI is InChI=1S/C12H24N2O/c1-10-4-6-13-11(8-10)12(15)5-3-7-14(2)9-12/h10-11,13,15H,3-9H2,1-2H3. The molecule has 0 amide bonds. The minimum absolute atomic E-state index is 0.309. The quantitative estimate of drug-likeness (QED) is 0.676. The van der Waals surface area contributed by atoms with Crippen molar-refractivity contribution in [1.82, 2.24) is 10.2 Å². The van der Waals surface area contributed by atoms with E-state index in [9.17, 15) is 5.11 Å². The summed E-state index contributed by atoms with van der Waals surface area (Å²) in [5, 5.41) is 14.2. The summed E-state index contributed by atoms with van der Waals surface area (Å²) < 4.78 is 0. The van der Waals surface area contributed by atoms with Crippen LogP contribution in [0.2, 0.25) is 0 Å². The number of nitrogens with one attached hydrogen (secondary N) is 1. The number of likely N-dealkylation sites (N-methyl/N-ethyl adjacent to an activating group) is 1. The third kappa shape index (κ3) is 2.52. The lowest BCUT2D eigenvalue weighted by atomic mass is 9.79. The molecule has 2 saturated heterocycles. The zero-order valence-electron chi connectivity index (χ0n) is 10.00. The van der Waals surface area contributed by atoms with Crippen LogP contribution in [0.1, 0.15) is 32.6 Å².